The van der Waals surface area contributed by atoms with Crippen LogP contribution in [0.25, 0.3) is 0 Å². The molecule has 188 valence electrons. The highest BCUT2D eigenvalue weighted by molar-refractivity contribution is 5.67. The van der Waals surface area contributed by atoms with Gasteiger partial charge in [-0.3, -0.25) is 14.4 Å². The molecule has 0 radical (unpaired) electrons. The van der Waals surface area contributed by atoms with E-state index in [1.54, 1.807) is 6.92 Å². The van der Waals surface area contributed by atoms with Gasteiger partial charge in [0.15, 0.2) is 0 Å². The first-order chi connectivity index (χ1) is 15.9. The van der Waals surface area contributed by atoms with Crippen LogP contribution in [0.3, 0.4) is 0 Å². The zero-order valence-corrected chi connectivity index (χ0v) is 20.8. The average molecular weight is 477 g/mol. The van der Waals surface area contributed by atoms with Gasteiger partial charge < -0.3 is 23.7 Å². The number of fused-ring (bicyclic) bond motifs is 2. The van der Waals surface area contributed by atoms with Crippen molar-refractivity contribution < 1.29 is 38.1 Å². The Morgan fingerprint density at radius 2 is 1.79 bits per heavy atom. The van der Waals surface area contributed by atoms with Gasteiger partial charge in [0.05, 0.1) is 23.9 Å². The normalized spacial score (nSPS) is 32.0. The molecule has 3 aliphatic rings. The predicted octanol–water partition coefficient (Wildman–Crippen LogP) is 4.14. The molecule has 7 atom stereocenters. The molecule has 2 heterocycles. The summed E-state index contributed by atoms with van der Waals surface area (Å²) in [6.07, 6.45) is 2.76. The van der Waals surface area contributed by atoms with Crippen LogP contribution in [-0.4, -0.2) is 48.1 Å². The second-order valence-corrected chi connectivity index (χ2v) is 9.80. The summed E-state index contributed by atoms with van der Waals surface area (Å²) in [5.74, 6) is -1.83. The van der Waals surface area contributed by atoms with Gasteiger partial charge in [0.1, 0.15) is 12.2 Å². The second kappa shape index (κ2) is 10.3. The first-order valence-corrected chi connectivity index (χ1v) is 11.8. The van der Waals surface area contributed by atoms with Crippen molar-refractivity contribution in [3.63, 3.8) is 0 Å². The third kappa shape index (κ3) is 6.09. The maximum Gasteiger partial charge on any atom is 0.305 e. The van der Waals surface area contributed by atoms with Crippen LogP contribution in [0.2, 0.25) is 0 Å². The average Bonchev–Trinajstić information content (AvgIpc) is 3.37. The summed E-state index contributed by atoms with van der Waals surface area (Å²) in [6, 6.07) is 0. The minimum atomic E-state index is -0.815. The quantitative estimate of drug-likeness (QED) is 0.234. The van der Waals surface area contributed by atoms with Gasteiger partial charge in [0.2, 0.25) is 6.29 Å². The highest BCUT2D eigenvalue weighted by Crippen LogP contribution is 2.50. The van der Waals surface area contributed by atoms with E-state index in [2.05, 4.69) is 20.1 Å². The Kier molecular flexibility index (Phi) is 7.91. The van der Waals surface area contributed by atoms with E-state index in [1.165, 1.54) is 27.0 Å². The molecule has 2 fully saturated rings. The zero-order chi connectivity index (χ0) is 25.2. The van der Waals surface area contributed by atoms with Crippen molar-refractivity contribution in [1.82, 2.24) is 0 Å². The van der Waals surface area contributed by atoms with Gasteiger partial charge in [-0.25, -0.2) is 0 Å². The van der Waals surface area contributed by atoms with Crippen molar-refractivity contribution in [3.8, 4) is 0 Å². The molecule has 0 unspecified atom stereocenters. The summed E-state index contributed by atoms with van der Waals surface area (Å²) in [4.78, 5) is 35.5. The Labute approximate surface area is 201 Å². The third-order valence-electron chi connectivity index (χ3n) is 6.93. The minimum absolute atomic E-state index is 0.169. The van der Waals surface area contributed by atoms with E-state index in [9.17, 15) is 14.4 Å². The maximum absolute atomic E-state index is 12.1. The number of carbonyl (C=O) groups excluding carboxylic acids is 3. The van der Waals surface area contributed by atoms with Crippen molar-refractivity contribution in [2.24, 2.45) is 11.8 Å². The summed E-state index contributed by atoms with van der Waals surface area (Å²) < 4.78 is 28.6. The highest BCUT2D eigenvalue weighted by atomic mass is 16.7. The van der Waals surface area contributed by atoms with E-state index in [4.69, 9.17) is 23.7 Å². The molecule has 0 spiro atoms. The Bertz CT molecular complexity index is 889. The van der Waals surface area contributed by atoms with E-state index < -0.39 is 36.4 Å². The second-order valence-electron chi connectivity index (χ2n) is 9.80. The fourth-order valence-corrected chi connectivity index (χ4v) is 5.11. The molecule has 0 bridgehead atoms. The van der Waals surface area contributed by atoms with Crippen molar-refractivity contribution in [2.75, 3.05) is 0 Å². The molecular formula is C26H36O8. The Morgan fingerprint density at radius 3 is 2.38 bits per heavy atom. The summed E-state index contributed by atoms with van der Waals surface area (Å²) >= 11 is 0. The van der Waals surface area contributed by atoms with E-state index >= 15 is 0 Å². The van der Waals surface area contributed by atoms with Gasteiger partial charge in [0.25, 0.3) is 0 Å². The van der Waals surface area contributed by atoms with E-state index in [0.717, 1.165) is 24.0 Å². The predicted molar refractivity (Wildman–Crippen MR) is 123 cm³/mol. The lowest BCUT2D eigenvalue weighted by Gasteiger charge is -2.41. The summed E-state index contributed by atoms with van der Waals surface area (Å²) in [5.41, 5.74) is 2.08. The maximum atomic E-state index is 12.1. The van der Waals surface area contributed by atoms with Crippen LogP contribution < -0.4 is 0 Å². The molecule has 0 amide bonds. The molecule has 1 saturated carbocycles. The van der Waals surface area contributed by atoms with Gasteiger partial charge >= 0.3 is 17.9 Å². The molecule has 1 aliphatic carbocycles. The number of esters is 3. The summed E-state index contributed by atoms with van der Waals surface area (Å²) in [5, 5.41) is 0. The van der Waals surface area contributed by atoms with Crippen LogP contribution in [0, 0.1) is 11.8 Å². The highest BCUT2D eigenvalue weighted by Gasteiger charge is 2.54. The first-order valence-electron chi connectivity index (χ1n) is 11.8. The van der Waals surface area contributed by atoms with Gasteiger partial charge in [-0.05, 0) is 45.1 Å². The SMILES string of the molecule is C=C1CC[C@@H]2O[C@@]2(C)CC[C@@H]2C([C@@H](C[C@@H](OC(C)=O)C(=C)C)OC(C)=O)=CO[C@H](OC(C)=O)[C@@H]12. The molecule has 34 heavy (non-hydrogen) atoms. The minimum Gasteiger partial charge on any atom is -0.462 e. The molecule has 0 N–H and O–H groups in total. The molecule has 8 heteroatoms. The van der Waals surface area contributed by atoms with Crippen LogP contribution in [0.15, 0.2) is 36.1 Å². The number of ether oxygens (including phenoxy) is 5. The molecular weight excluding hydrogens is 440 g/mol. The zero-order valence-electron chi connectivity index (χ0n) is 20.8. The summed E-state index contributed by atoms with van der Waals surface area (Å²) in [7, 11) is 0. The fourth-order valence-electron chi connectivity index (χ4n) is 5.11. The van der Waals surface area contributed by atoms with Gasteiger partial charge in [-0.1, -0.05) is 18.7 Å². The topological polar surface area (TPSA) is 101 Å². The summed E-state index contributed by atoms with van der Waals surface area (Å²) in [6.45, 7) is 16.1. The van der Waals surface area contributed by atoms with Crippen LogP contribution >= 0.6 is 0 Å². The lowest BCUT2D eigenvalue weighted by Crippen LogP contribution is -2.42. The van der Waals surface area contributed by atoms with Crippen LogP contribution in [-0.2, 0) is 38.1 Å². The molecule has 2 aliphatic heterocycles. The third-order valence-corrected chi connectivity index (χ3v) is 6.93. The Balaban J connectivity index is 1.98. The largest absolute Gasteiger partial charge is 0.462 e. The molecule has 1 saturated heterocycles. The number of hydrogen-bond donors (Lipinski definition) is 0. The van der Waals surface area contributed by atoms with Crippen molar-refractivity contribution in [2.45, 2.75) is 96.9 Å². The van der Waals surface area contributed by atoms with Crippen molar-refractivity contribution >= 4 is 17.9 Å². The fraction of sp³-hybridized carbons (Fsp3) is 0.654. The molecule has 0 aromatic carbocycles. The molecule has 0 aromatic rings. The van der Waals surface area contributed by atoms with Crippen molar-refractivity contribution in [3.05, 3.63) is 36.1 Å². The monoisotopic (exact) mass is 476 g/mol. The Morgan fingerprint density at radius 1 is 1.12 bits per heavy atom. The van der Waals surface area contributed by atoms with E-state index in [-0.39, 0.29) is 30.0 Å². The van der Waals surface area contributed by atoms with E-state index in [0.29, 0.717) is 18.4 Å². The molecule has 0 aromatic heterocycles. The smallest absolute Gasteiger partial charge is 0.305 e. The molecule has 8 nitrogen and oxygen atoms in total. The number of epoxide rings is 1. The van der Waals surface area contributed by atoms with E-state index in [1.807, 2.05) is 0 Å². The van der Waals surface area contributed by atoms with Gasteiger partial charge in [-0.15, -0.1) is 0 Å². The first kappa shape index (κ1) is 26.0. The van der Waals surface area contributed by atoms with Crippen LogP contribution in [0.1, 0.15) is 66.7 Å². The number of hydrogen-bond acceptors (Lipinski definition) is 8. The number of carbonyl (C=O) groups is 3. The Hall–Kier alpha value is -2.61. The lowest BCUT2D eigenvalue weighted by atomic mass is 9.74. The lowest BCUT2D eigenvalue weighted by molar-refractivity contribution is -0.181. The van der Waals surface area contributed by atoms with Gasteiger partial charge in [0, 0.05) is 38.7 Å². The number of rotatable bonds is 7. The molecule has 3 rings (SSSR count). The van der Waals surface area contributed by atoms with Crippen molar-refractivity contribution in [1.29, 1.82) is 0 Å². The van der Waals surface area contributed by atoms with Crippen LogP contribution in [0.5, 0.6) is 0 Å². The van der Waals surface area contributed by atoms with Gasteiger partial charge in [-0.2, -0.15) is 0 Å². The standard InChI is InChI=1S/C26H36O8/c1-14(2)21(31-16(4)27)12-22(32-17(5)28)20-13-30-25(33-18(6)29)24-15(3)8-9-23-26(7,34-23)11-10-19(20)24/h13,19,21-25H,1,3,8-12H2,2,4-7H3/t19-,21-,22-,23+,24+,25-,26+/m1/s1. The van der Waals surface area contributed by atoms with Crippen LogP contribution in [0.4, 0.5) is 0 Å².